The molecule has 1 aromatic heterocycles. The van der Waals surface area contributed by atoms with Crippen molar-refractivity contribution in [3.63, 3.8) is 0 Å². The average molecular weight is 287 g/mol. The Hall–Kier alpha value is -1.81. The van der Waals surface area contributed by atoms with Crippen LogP contribution in [0.4, 0.5) is 4.39 Å². The molecular formula is C17H22FN3. The highest BCUT2D eigenvalue weighted by Gasteiger charge is 2.27. The van der Waals surface area contributed by atoms with Gasteiger partial charge < -0.3 is 5.73 Å². The Labute approximate surface area is 125 Å². The number of halogens is 1. The molecule has 0 amide bonds. The van der Waals surface area contributed by atoms with Crippen molar-refractivity contribution in [3.05, 3.63) is 58.9 Å². The second kappa shape index (κ2) is 5.90. The van der Waals surface area contributed by atoms with Gasteiger partial charge >= 0.3 is 0 Å². The van der Waals surface area contributed by atoms with Gasteiger partial charge in [0.2, 0.25) is 0 Å². The molecule has 1 aromatic carbocycles. The summed E-state index contributed by atoms with van der Waals surface area (Å²) < 4.78 is 13.1. The van der Waals surface area contributed by atoms with Gasteiger partial charge in [-0.25, -0.2) is 14.4 Å². The second-order valence-electron chi connectivity index (χ2n) is 6.14. The largest absolute Gasteiger partial charge is 0.328 e. The van der Waals surface area contributed by atoms with E-state index in [9.17, 15) is 4.39 Å². The minimum absolute atomic E-state index is 0.0566. The topological polar surface area (TPSA) is 51.8 Å². The minimum atomic E-state index is -0.383. The third-order valence-electron chi connectivity index (χ3n) is 3.56. The van der Waals surface area contributed by atoms with Crippen molar-refractivity contribution in [2.24, 2.45) is 5.73 Å². The summed E-state index contributed by atoms with van der Waals surface area (Å²) in [5.41, 5.74) is 8.33. The van der Waals surface area contributed by atoms with Crippen LogP contribution in [0.3, 0.4) is 0 Å². The lowest BCUT2D eigenvalue weighted by Crippen LogP contribution is -2.25. The predicted octanol–water partition coefficient (Wildman–Crippen LogP) is 3.14. The van der Waals surface area contributed by atoms with Gasteiger partial charge in [0, 0.05) is 29.3 Å². The first kappa shape index (κ1) is 15.6. The zero-order valence-electron chi connectivity index (χ0n) is 13.0. The Balaban J connectivity index is 2.43. The van der Waals surface area contributed by atoms with E-state index in [2.05, 4.69) is 9.97 Å². The van der Waals surface area contributed by atoms with E-state index in [0.29, 0.717) is 0 Å². The normalized spacial score (nSPS) is 13.2. The fourth-order valence-corrected chi connectivity index (χ4v) is 2.34. The van der Waals surface area contributed by atoms with Crippen molar-refractivity contribution in [3.8, 4) is 0 Å². The molecule has 0 aliphatic heterocycles. The number of nitrogens with zero attached hydrogens (tertiary/aromatic N) is 2. The first-order chi connectivity index (χ1) is 9.79. The fourth-order valence-electron chi connectivity index (χ4n) is 2.34. The molecule has 0 aliphatic carbocycles. The molecule has 1 unspecified atom stereocenters. The molecule has 2 aromatic rings. The maximum absolute atomic E-state index is 13.1. The Bertz CT molecular complexity index is 618. The Morgan fingerprint density at radius 1 is 1.19 bits per heavy atom. The van der Waals surface area contributed by atoms with E-state index in [4.69, 9.17) is 5.73 Å². The molecule has 0 fully saturated rings. The van der Waals surface area contributed by atoms with E-state index >= 15 is 0 Å². The van der Waals surface area contributed by atoms with Gasteiger partial charge in [-0.3, -0.25) is 0 Å². The molecule has 2 rings (SSSR count). The third-order valence-corrected chi connectivity index (χ3v) is 3.56. The molecule has 0 aliphatic rings. The highest BCUT2D eigenvalue weighted by Crippen LogP contribution is 2.29. The number of benzene rings is 1. The molecule has 1 heterocycles. The van der Waals surface area contributed by atoms with Gasteiger partial charge in [-0.1, -0.05) is 12.1 Å². The molecule has 2 N–H and O–H groups in total. The Morgan fingerprint density at radius 2 is 1.81 bits per heavy atom. The molecule has 0 radical (unpaired) electrons. The molecule has 0 spiro atoms. The lowest BCUT2D eigenvalue weighted by atomic mass is 9.83. The summed E-state index contributed by atoms with van der Waals surface area (Å²) in [5.74, 6) is 0.502. The van der Waals surface area contributed by atoms with E-state index in [0.717, 1.165) is 29.2 Å². The van der Waals surface area contributed by atoms with Crippen LogP contribution in [-0.4, -0.2) is 16.0 Å². The SMILES string of the molecule is Cc1cc(CC(C)N)nc(C(C)(C)c2ccc(F)cc2)n1. The number of rotatable bonds is 4. The van der Waals surface area contributed by atoms with Crippen LogP contribution in [0.25, 0.3) is 0 Å². The number of aromatic nitrogens is 2. The van der Waals surface area contributed by atoms with Crippen LogP contribution in [-0.2, 0) is 11.8 Å². The van der Waals surface area contributed by atoms with Gasteiger partial charge in [0.1, 0.15) is 11.6 Å². The van der Waals surface area contributed by atoms with Gasteiger partial charge in [0.15, 0.2) is 0 Å². The Morgan fingerprint density at radius 3 is 2.38 bits per heavy atom. The molecule has 4 heteroatoms. The van der Waals surface area contributed by atoms with Crippen LogP contribution in [0.1, 0.15) is 43.5 Å². The van der Waals surface area contributed by atoms with Crippen LogP contribution in [0.2, 0.25) is 0 Å². The predicted molar refractivity (Wildman–Crippen MR) is 82.7 cm³/mol. The highest BCUT2D eigenvalue weighted by atomic mass is 19.1. The highest BCUT2D eigenvalue weighted by molar-refractivity contribution is 5.32. The third kappa shape index (κ3) is 3.64. The molecule has 0 bridgehead atoms. The van der Waals surface area contributed by atoms with Crippen molar-refractivity contribution in [1.82, 2.24) is 9.97 Å². The summed E-state index contributed by atoms with van der Waals surface area (Å²) in [6.45, 7) is 8.01. The van der Waals surface area contributed by atoms with Gasteiger partial charge in [0.05, 0.1) is 0 Å². The fraction of sp³-hybridized carbons (Fsp3) is 0.412. The summed E-state index contributed by atoms with van der Waals surface area (Å²) in [7, 11) is 0. The van der Waals surface area contributed by atoms with Crippen molar-refractivity contribution < 1.29 is 4.39 Å². The second-order valence-corrected chi connectivity index (χ2v) is 6.14. The summed E-state index contributed by atoms with van der Waals surface area (Å²) in [6.07, 6.45) is 0.718. The number of aryl methyl sites for hydroxylation is 1. The van der Waals surface area contributed by atoms with Crippen LogP contribution >= 0.6 is 0 Å². The van der Waals surface area contributed by atoms with Crippen LogP contribution in [0, 0.1) is 12.7 Å². The van der Waals surface area contributed by atoms with E-state index < -0.39 is 0 Å². The lowest BCUT2D eigenvalue weighted by Gasteiger charge is -2.24. The van der Waals surface area contributed by atoms with E-state index in [-0.39, 0.29) is 17.3 Å². The quantitative estimate of drug-likeness (QED) is 0.940. The average Bonchev–Trinajstić information content (AvgIpc) is 2.37. The summed E-state index contributed by atoms with van der Waals surface area (Å²) >= 11 is 0. The first-order valence-corrected chi connectivity index (χ1v) is 7.15. The monoisotopic (exact) mass is 287 g/mol. The zero-order valence-corrected chi connectivity index (χ0v) is 13.0. The minimum Gasteiger partial charge on any atom is -0.328 e. The molecule has 1 atom stereocenters. The zero-order chi connectivity index (χ0) is 15.6. The van der Waals surface area contributed by atoms with E-state index in [1.165, 1.54) is 12.1 Å². The number of hydrogen-bond donors (Lipinski definition) is 1. The molecule has 0 saturated heterocycles. The molecule has 0 saturated carbocycles. The first-order valence-electron chi connectivity index (χ1n) is 7.15. The molecule has 21 heavy (non-hydrogen) atoms. The van der Waals surface area contributed by atoms with Crippen molar-refractivity contribution in [2.45, 2.75) is 45.6 Å². The molecular weight excluding hydrogens is 265 g/mol. The Kier molecular flexibility index (Phi) is 4.37. The van der Waals surface area contributed by atoms with Crippen molar-refractivity contribution >= 4 is 0 Å². The summed E-state index contributed by atoms with van der Waals surface area (Å²) in [5, 5.41) is 0. The van der Waals surface area contributed by atoms with Crippen LogP contribution in [0.15, 0.2) is 30.3 Å². The van der Waals surface area contributed by atoms with E-state index in [1.807, 2.05) is 33.8 Å². The van der Waals surface area contributed by atoms with Crippen LogP contribution < -0.4 is 5.73 Å². The number of hydrogen-bond acceptors (Lipinski definition) is 3. The molecule has 3 nitrogen and oxygen atoms in total. The van der Waals surface area contributed by atoms with Crippen molar-refractivity contribution in [2.75, 3.05) is 0 Å². The van der Waals surface area contributed by atoms with Crippen molar-refractivity contribution in [1.29, 1.82) is 0 Å². The van der Waals surface area contributed by atoms with Crippen LogP contribution in [0.5, 0.6) is 0 Å². The number of nitrogens with two attached hydrogens (primary N) is 1. The van der Waals surface area contributed by atoms with Gasteiger partial charge in [-0.2, -0.15) is 0 Å². The maximum Gasteiger partial charge on any atom is 0.138 e. The standard InChI is InChI=1S/C17H22FN3/c1-11(19)9-15-10-12(2)20-16(21-15)17(3,4)13-5-7-14(18)8-6-13/h5-8,10-11H,9,19H2,1-4H3. The smallest absolute Gasteiger partial charge is 0.138 e. The van der Waals surface area contributed by atoms with Gasteiger partial charge in [-0.05, 0) is 51.5 Å². The van der Waals surface area contributed by atoms with E-state index in [1.54, 1.807) is 12.1 Å². The summed E-state index contributed by atoms with van der Waals surface area (Å²) in [6, 6.07) is 8.53. The molecule has 112 valence electrons. The van der Waals surface area contributed by atoms with Gasteiger partial charge in [0.25, 0.3) is 0 Å². The van der Waals surface area contributed by atoms with Gasteiger partial charge in [-0.15, -0.1) is 0 Å². The lowest BCUT2D eigenvalue weighted by molar-refractivity contribution is 0.572. The maximum atomic E-state index is 13.1. The summed E-state index contributed by atoms with van der Waals surface area (Å²) in [4.78, 5) is 9.23.